The lowest BCUT2D eigenvalue weighted by Crippen LogP contribution is -2.70. The average Bonchev–Trinajstić information content (AvgIpc) is 3.21. The van der Waals surface area contributed by atoms with E-state index in [-0.39, 0.29) is 39.4 Å². The molecule has 0 saturated heterocycles. The Labute approximate surface area is 217 Å². The Hall–Kier alpha value is -1.36. The van der Waals surface area contributed by atoms with Crippen LogP contribution in [0.4, 0.5) is 0 Å². The molecule has 202 valence electrons. The van der Waals surface area contributed by atoms with Crippen molar-refractivity contribution < 1.29 is 24.9 Å². The van der Waals surface area contributed by atoms with Crippen molar-refractivity contribution in [3.63, 3.8) is 0 Å². The van der Waals surface area contributed by atoms with Gasteiger partial charge in [-0.3, -0.25) is 9.59 Å². The Bertz CT molecular complexity index is 1000. The monoisotopic (exact) mass is 500 g/mol. The maximum absolute atomic E-state index is 12.9. The Morgan fingerprint density at radius 1 is 0.750 bits per heavy atom. The number of allylic oxidation sites excluding steroid dienone is 1. The molecular formula is C31H48O5. The van der Waals surface area contributed by atoms with Crippen molar-refractivity contribution in [1.82, 2.24) is 0 Å². The third-order valence-electron chi connectivity index (χ3n) is 14.3. The van der Waals surface area contributed by atoms with Crippen LogP contribution in [0.25, 0.3) is 0 Å². The van der Waals surface area contributed by atoms with Gasteiger partial charge < -0.3 is 15.3 Å². The Morgan fingerprint density at radius 3 is 1.94 bits per heavy atom. The predicted octanol–water partition coefficient (Wildman–Crippen LogP) is 6.54. The standard InChI is InChI=1S/C31H48O5/c1-18(2)19-8-15-31(25(35)36)17-16-29(6)27(4)13-10-21-26(3,12-11-22(32)30(21,7)24(33)34)20(27)9-14-28(29,5)23(19)31/h19-23,32H,1,8-17H2,2-7H3,(H,33,34)(H,35,36)/t19-,20+,21+,22+,23+,26+,27+,28+,29-,30-,31-/m0/s1. The molecule has 5 saturated carbocycles. The van der Waals surface area contributed by atoms with E-state index in [1.54, 1.807) is 6.92 Å². The normalized spacial score (nSPS) is 56.0. The van der Waals surface area contributed by atoms with Crippen molar-refractivity contribution in [1.29, 1.82) is 0 Å². The van der Waals surface area contributed by atoms with Crippen LogP contribution in [0.15, 0.2) is 12.2 Å². The van der Waals surface area contributed by atoms with E-state index in [1.807, 2.05) is 0 Å². The van der Waals surface area contributed by atoms with E-state index in [0.717, 1.165) is 63.4 Å². The number of aliphatic carboxylic acids is 2. The first kappa shape index (κ1) is 26.3. The molecule has 0 aromatic carbocycles. The van der Waals surface area contributed by atoms with Gasteiger partial charge in [-0.25, -0.2) is 0 Å². The van der Waals surface area contributed by atoms with Gasteiger partial charge in [-0.05, 0) is 123 Å². The molecule has 0 amide bonds. The van der Waals surface area contributed by atoms with Crippen LogP contribution in [0.1, 0.15) is 106 Å². The minimum atomic E-state index is -1.11. The summed E-state index contributed by atoms with van der Waals surface area (Å²) < 4.78 is 0. The van der Waals surface area contributed by atoms with Crippen molar-refractivity contribution in [3.05, 3.63) is 12.2 Å². The van der Waals surface area contributed by atoms with Gasteiger partial charge >= 0.3 is 11.9 Å². The lowest BCUT2D eigenvalue weighted by atomic mass is 9.29. The number of carbonyl (C=O) groups is 2. The number of fused-ring (bicyclic) bond motifs is 7. The molecule has 0 radical (unpaired) electrons. The van der Waals surface area contributed by atoms with Crippen molar-refractivity contribution in [2.24, 2.45) is 56.2 Å². The molecule has 0 aromatic rings. The Morgan fingerprint density at radius 2 is 1.36 bits per heavy atom. The summed E-state index contributed by atoms with van der Waals surface area (Å²) in [5, 5.41) is 31.8. The van der Waals surface area contributed by atoms with Crippen LogP contribution in [0.3, 0.4) is 0 Å². The smallest absolute Gasteiger partial charge is 0.312 e. The van der Waals surface area contributed by atoms with Crippen LogP contribution < -0.4 is 0 Å². The number of rotatable bonds is 3. The van der Waals surface area contributed by atoms with Crippen molar-refractivity contribution in [2.75, 3.05) is 0 Å². The van der Waals surface area contributed by atoms with Gasteiger partial charge in [0.25, 0.3) is 0 Å². The van der Waals surface area contributed by atoms with Gasteiger partial charge in [0.1, 0.15) is 0 Å². The maximum Gasteiger partial charge on any atom is 0.312 e. The minimum Gasteiger partial charge on any atom is -0.481 e. The highest BCUT2D eigenvalue weighted by Crippen LogP contribution is 2.81. The Balaban J connectivity index is 1.62. The largest absolute Gasteiger partial charge is 0.481 e. The molecule has 5 heteroatoms. The molecule has 5 fully saturated rings. The number of hydrogen-bond acceptors (Lipinski definition) is 3. The molecule has 5 rings (SSSR count). The second kappa shape index (κ2) is 7.61. The lowest BCUT2D eigenvalue weighted by molar-refractivity contribution is -0.277. The number of carboxylic acids is 2. The van der Waals surface area contributed by atoms with E-state index >= 15 is 0 Å². The van der Waals surface area contributed by atoms with E-state index in [9.17, 15) is 24.9 Å². The second-order valence-corrected chi connectivity index (χ2v) is 14.9. The highest BCUT2D eigenvalue weighted by Gasteiger charge is 2.76. The minimum absolute atomic E-state index is 0.000165. The fourth-order valence-corrected chi connectivity index (χ4v) is 12.1. The topological polar surface area (TPSA) is 94.8 Å². The zero-order valence-electron chi connectivity index (χ0n) is 23.3. The molecule has 5 aliphatic carbocycles. The molecule has 0 heterocycles. The summed E-state index contributed by atoms with van der Waals surface area (Å²) in [6.45, 7) is 17.9. The van der Waals surface area contributed by atoms with Crippen LogP contribution in [0, 0.1) is 56.2 Å². The summed E-state index contributed by atoms with van der Waals surface area (Å²) in [4.78, 5) is 25.5. The SMILES string of the molecule is C=C(C)[C@@H]1CC[C@]2(C(=O)O)CC[C@@]3(C)[C@]4(C)CC[C@@H]5[C@](C)(CC[C@@H](O)[C@@]5(C)C(=O)O)[C@H]4CC[C@]3(C)[C@@H]12. The fraction of sp³-hybridized carbons (Fsp3) is 0.871. The molecule has 5 nitrogen and oxygen atoms in total. The predicted molar refractivity (Wildman–Crippen MR) is 139 cm³/mol. The highest BCUT2D eigenvalue weighted by molar-refractivity contribution is 5.77. The van der Waals surface area contributed by atoms with E-state index in [0.29, 0.717) is 12.3 Å². The summed E-state index contributed by atoms with van der Waals surface area (Å²) in [7, 11) is 0. The van der Waals surface area contributed by atoms with E-state index in [2.05, 4.69) is 41.2 Å². The van der Waals surface area contributed by atoms with Gasteiger partial charge in [0.05, 0.1) is 16.9 Å². The van der Waals surface area contributed by atoms with Gasteiger partial charge in [0.2, 0.25) is 0 Å². The molecular weight excluding hydrogens is 452 g/mol. The molecule has 0 spiro atoms. The van der Waals surface area contributed by atoms with Crippen molar-refractivity contribution >= 4 is 11.9 Å². The summed E-state index contributed by atoms with van der Waals surface area (Å²) in [6.07, 6.45) is 7.69. The quantitative estimate of drug-likeness (QED) is 0.382. The van der Waals surface area contributed by atoms with Crippen LogP contribution in [-0.4, -0.2) is 33.4 Å². The molecule has 3 N–H and O–H groups in total. The van der Waals surface area contributed by atoms with Crippen LogP contribution in [0.5, 0.6) is 0 Å². The molecule has 0 unspecified atom stereocenters. The number of carboxylic acid groups (broad SMARTS) is 2. The van der Waals surface area contributed by atoms with Gasteiger partial charge in [-0.1, -0.05) is 39.8 Å². The van der Waals surface area contributed by atoms with Crippen LogP contribution in [-0.2, 0) is 9.59 Å². The highest BCUT2D eigenvalue weighted by atomic mass is 16.4. The lowest BCUT2D eigenvalue weighted by Gasteiger charge is -2.75. The van der Waals surface area contributed by atoms with Gasteiger partial charge in [-0.15, -0.1) is 0 Å². The third kappa shape index (κ3) is 2.72. The fourth-order valence-electron chi connectivity index (χ4n) is 12.1. The molecule has 0 aromatic heterocycles. The maximum atomic E-state index is 12.9. The van der Waals surface area contributed by atoms with E-state index < -0.39 is 28.9 Å². The number of hydrogen-bond donors (Lipinski definition) is 3. The third-order valence-corrected chi connectivity index (χ3v) is 14.3. The molecule has 5 aliphatic rings. The van der Waals surface area contributed by atoms with Crippen molar-refractivity contribution in [3.8, 4) is 0 Å². The van der Waals surface area contributed by atoms with Crippen molar-refractivity contribution in [2.45, 2.75) is 112 Å². The molecule has 0 aliphatic heterocycles. The zero-order chi connectivity index (χ0) is 26.7. The number of aliphatic hydroxyl groups is 1. The molecule has 11 atom stereocenters. The first-order valence-corrected chi connectivity index (χ1v) is 14.4. The summed E-state index contributed by atoms with van der Waals surface area (Å²) >= 11 is 0. The average molecular weight is 501 g/mol. The molecule has 36 heavy (non-hydrogen) atoms. The van der Waals surface area contributed by atoms with Crippen LogP contribution in [0.2, 0.25) is 0 Å². The Kier molecular flexibility index (Phi) is 5.55. The van der Waals surface area contributed by atoms with E-state index in [1.165, 1.54) is 0 Å². The summed E-state index contributed by atoms with van der Waals surface area (Å²) in [6, 6.07) is 0. The van der Waals surface area contributed by atoms with Crippen LogP contribution >= 0.6 is 0 Å². The van der Waals surface area contributed by atoms with Gasteiger partial charge in [-0.2, -0.15) is 0 Å². The first-order chi connectivity index (χ1) is 16.6. The first-order valence-electron chi connectivity index (χ1n) is 14.4. The summed E-state index contributed by atoms with van der Waals surface area (Å²) in [5.41, 5.74) is -0.920. The van der Waals surface area contributed by atoms with Gasteiger partial charge in [0.15, 0.2) is 0 Å². The number of aliphatic hydroxyl groups excluding tert-OH is 1. The zero-order valence-corrected chi connectivity index (χ0v) is 23.3. The van der Waals surface area contributed by atoms with E-state index in [4.69, 9.17) is 0 Å². The summed E-state index contributed by atoms with van der Waals surface area (Å²) in [5.74, 6) is -0.803. The second-order valence-electron chi connectivity index (χ2n) is 14.9. The van der Waals surface area contributed by atoms with Gasteiger partial charge in [0, 0.05) is 0 Å². The molecule has 0 bridgehead atoms.